The van der Waals surface area contributed by atoms with Gasteiger partial charge in [0.2, 0.25) is 0 Å². The average Bonchev–Trinajstić information content (AvgIpc) is 1.91. The van der Waals surface area contributed by atoms with Crippen LogP contribution in [0.2, 0.25) is 6.55 Å². The Bertz CT molecular complexity index is 52.2. The first-order chi connectivity index (χ1) is 4.68. The van der Waals surface area contributed by atoms with Crippen LogP contribution in [0.25, 0.3) is 0 Å². The van der Waals surface area contributed by atoms with Gasteiger partial charge in [-0.2, -0.15) is 12.6 Å². The fourth-order valence-corrected chi connectivity index (χ4v) is 0.612. The van der Waals surface area contributed by atoms with Crippen LogP contribution in [0.1, 0.15) is 13.3 Å². The maximum atomic E-state index is 4.83. The van der Waals surface area contributed by atoms with Crippen LogP contribution >= 0.6 is 12.6 Å². The summed E-state index contributed by atoms with van der Waals surface area (Å²) in [5.41, 5.74) is 0. The molecule has 0 rings (SSSR count). The molecule has 10 heavy (non-hydrogen) atoms. The third kappa shape index (κ3) is 23.1. The molecule has 0 spiro atoms. The first-order valence-electron chi connectivity index (χ1n) is 3.78. The lowest BCUT2D eigenvalue weighted by Crippen LogP contribution is -2.07. The summed E-state index contributed by atoms with van der Waals surface area (Å²) in [5, 5.41) is 1.20. The molecule has 1 atom stereocenters. The highest BCUT2D eigenvalue weighted by Crippen LogP contribution is 1.74. The van der Waals surface area contributed by atoms with Crippen molar-refractivity contribution in [2.45, 2.75) is 19.9 Å². The van der Waals surface area contributed by atoms with Crippen molar-refractivity contribution in [1.29, 1.82) is 0 Å². The van der Waals surface area contributed by atoms with E-state index < -0.39 is 0 Å². The molecule has 0 aromatic heterocycles. The summed E-state index contributed by atoms with van der Waals surface area (Å²) in [6.07, 6.45) is 1.16. The van der Waals surface area contributed by atoms with Crippen LogP contribution in [0, 0.1) is 0 Å². The molecule has 0 aliphatic rings. The zero-order valence-corrected chi connectivity index (χ0v) is 13.6. The molecular weight excluding hydrogens is 192 g/mol. The van der Waals surface area contributed by atoms with Gasteiger partial charge >= 0.3 is 0 Å². The van der Waals surface area contributed by atoms with Gasteiger partial charge in [-0.15, -0.1) is 0 Å². The Balaban J connectivity index is 0. The molecule has 0 aliphatic heterocycles. The standard InChI is InChI=1S/C3H10OSi.C2H10SSi2/c1-2-3-4-5;1-5(4)2-3/h2-3H2,1,5H3;3,5H,2H2,1,4H3. The molecule has 0 saturated heterocycles. The molecule has 0 bridgehead atoms. The van der Waals surface area contributed by atoms with Crippen LogP contribution in [0.3, 0.4) is 0 Å². The summed E-state index contributed by atoms with van der Waals surface area (Å²) in [7, 11) is 2.18. The number of thiol groups is 1. The summed E-state index contributed by atoms with van der Waals surface area (Å²) in [5.74, 6) is 0. The molecule has 0 heterocycles. The van der Waals surface area contributed by atoms with Crippen LogP contribution in [0.4, 0.5) is 0 Å². The third-order valence-electron chi connectivity index (χ3n) is 0.773. The highest BCUT2D eigenvalue weighted by Gasteiger charge is 1.84. The largest absolute Gasteiger partial charge is 0.428 e. The third-order valence-corrected chi connectivity index (χ3v) is 7.39. The molecule has 0 fully saturated rings. The summed E-state index contributed by atoms with van der Waals surface area (Å²) in [6.45, 7) is 5.41. The van der Waals surface area contributed by atoms with E-state index in [0.29, 0.717) is 0 Å². The second kappa shape index (κ2) is 12.6. The van der Waals surface area contributed by atoms with E-state index in [1.54, 1.807) is 0 Å². The second-order valence-electron chi connectivity index (χ2n) is 2.57. The predicted molar refractivity (Wildman–Crippen MR) is 63.0 cm³/mol. The van der Waals surface area contributed by atoms with Crippen molar-refractivity contribution in [3.63, 3.8) is 0 Å². The van der Waals surface area contributed by atoms with E-state index >= 15 is 0 Å². The smallest absolute Gasteiger partial charge is 0.145 e. The summed E-state index contributed by atoms with van der Waals surface area (Å²) < 4.78 is 4.83. The Morgan fingerprint density at radius 3 is 2.00 bits per heavy atom. The second-order valence-corrected chi connectivity index (χ2v) is 13.3. The average molecular weight is 213 g/mol. The van der Waals surface area contributed by atoms with E-state index in [1.807, 2.05) is 0 Å². The maximum Gasteiger partial charge on any atom is 0.145 e. The number of hydrogen-bond acceptors (Lipinski definition) is 2. The van der Waals surface area contributed by atoms with Crippen molar-refractivity contribution in [1.82, 2.24) is 0 Å². The Morgan fingerprint density at radius 2 is 2.00 bits per heavy atom. The zero-order chi connectivity index (χ0) is 8.41. The van der Waals surface area contributed by atoms with Gasteiger partial charge in [0.1, 0.15) is 10.5 Å². The Labute approximate surface area is 77.7 Å². The van der Waals surface area contributed by atoms with Gasteiger partial charge in [-0.1, -0.05) is 13.5 Å². The van der Waals surface area contributed by atoms with Crippen LogP contribution in [-0.4, -0.2) is 40.5 Å². The lowest BCUT2D eigenvalue weighted by Gasteiger charge is -1.87. The van der Waals surface area contributed by atoms with Gasteiger partial charge in [-0.25, -0.2) is 0 Å². The summed E-state index contributed by atoms with van der Waals surface area (Å²) in [4.78, 5) is 0. The molecule has 0 radical (unpaired) electrons. The van der Waals surface area contributed by atoms with Gasteiger partial charge in [0, 0.05) is 14.9 Å². The first kappa shape index (κ1) is 13.5. The van der Waals surface area contributed by atoms with Gasteiger partial charge in [-0.05, 0) is 21.6 Å². The minimum atomic E-state index is -0.147. The van der Waals surface area contributed by atoms with E-state index in [0.717, 1.165) is 23.5 Å². The van der Waals surface area contributed by atoms with E-state index in [2.05, 4.69) is 26.1 Å². The van der Waals surface area contributed by atoms with Crippen molar-refractivity contribution in [3.8, 4) is 0 Å². The quantitative estimate of drug-likeness (QED) is 0.460. The first-order valence-corrected chi connectivity index (χ1v) is 11.8. The minimum absolute atomic E-state index is 0.147. The monoisotopic (exact) mass is 212 g/mol. The zero-order valence-electron chi connectivity index (χ0n) is 7.55. The molecule has 0 aromatic rings. The SMILES string of the molecule is CCCO[SiH3].C[SiH]([SiH3])CS. The molecule has 0 aromatic carbocycles. The van der Waals surface area contributed by atoms with Crippen molar-refractivity contribution in [2.24, 2.45) is 0 Å². The van der Waals surface area contributed by atoms with E-state index in [-0.39, 0.29) is 8.31 Å². The van der Waals surface area contributed by atoms with Crippen molar-refractivity contribution >= 4 is 41.2 Å². The maximum absolute atomic E-state index is 4.83. The predicted octanol–water partition coefficient (Wildman–Crippen LogP) is -1.13. The van der Waals surface area contributed by atoms with Crippen LogP contribution in [0.15, 0.2) is 0 Å². The molecular formula is C5H20OSSi3. The van der Waals surface area contributed by atoms with Gasteiger partial charge in [-0.3, -0.25) is 0 Å². The minimum Gasteiger partial charge on any atom is -0.428 e. The fourth-order valence-electron chi connectivity index (χ4n) is 0.204. The lowest BCUT2D eigenvalue weighted by atomic mass is 10.5. The van der Waals surface area contributed by atoms with Crippen molar-refractivity contribution in [3.05, 3.63) is 0 Å². The van der Waals surface area contributed by atoms with Crippen molar-refractivity contribution < 1.29 is 4.43 Å². The summed E-state index contributed by atoms with van der Waals surface area (Å²) >= 11 is 4.11. The Morgan fingerprint density at radius 1 is 1.60 bits per heavy atom. The van der Waals surface area contributed by atoms with Crippen LogP contribution < -0.4 is 0 Å². The van der Waals surface area contributed by atoms with Gasteiger partial charge in [0.15, 0.2) is 0 Å². The highest BCUT2D eigenvalue weighted by molar-refractivity contribution is 7.82. The van der Waals surface area contributed by atoms with Gasteiger partial charge in [0.05, 0.1) is 0 Å². The summed E-state index contributed by atoms with van der Waals surface area (Å²) in [6, 6.07) is 0. The lowest BCUT2D eigenvalue weighted by molar-refractivity contribution is 0.349. The molecule has 0 N–H and O–H groups in total. The topological polar surface area (TPSA) is 9.23 Å². The van der Waals surface area contributed by atoms with E-state index in [1.165, 1.54) is 15.1 Å². The van der Waals surface area contributed by atoms with Gasteiger partial charge < -0.3 is 4.43 Å². The molecule has 0 saturated carbocycles. The van der Waals surface area contributed by atoms with Crippen LogP contribution in [0.5, 0.6) is 0 Å². The normalized spacial score (nSPS) is 12.3. The highest BCUT2D eigenvalue weighted by atomic mass is 32.1. The van der Waals surface area contributed by atoms with Gasteiger partial charge in [0.25, 0.3) is 0 Å². The van der Waals surface area contributed by atoms with Crippen molar-refractivity contribution in [2.75, 3.05) is 12.0 Å². The van der Waals surface area contributed by atoms with E-state index in [9.17, 15) is 0 Å². The fraction of sp³-hybridized carbons (Fsp3) is 1.00. The Hall–Kier alpha value is 0.961. The Kier molecular flexibility index (Phi) is 17.1. The molecule has 1 unspecified atom stereocenters. The number of rotatable bonds is 3. The molecule has 1 nitrogen and oxygen atoms in total. The molecule has 0 amide bonds. The number of hydrogen-bond donors (Lipinski definition) is 1. The van der Waals surface area contributed by atoms with E-state index in [4.69, 9.17) is 4.43 Å². The molecule has 5 heteroatoms. The molecule has 64 valence electrons. The molecule has 0 aliphatic carbocycles. The van der Waals surface area contributed by atoms with Crippen LogP contribution in [-0.2, 0) is 4.43 Å².